The molecule has 2 aromatic carbocycles. The van der Waals surface area contributed by atoms with Gasteiger partial charge in [0.1, 0.15) is 12.4 Å². The number of amides is 1. The molecule has 0 aliphatic rings. The largest absolute Gasteiger partial charge is 0.462 e. The van der Waals surface area contributed by atoms with Gasteiger partial charge in [-0.1, -0.05) is 36.8 Å². The van der Waals surface area contributed by atoms with Gasteiger partial charge in [-0.25, -0.2) is 4.98 Å². The molecule has 1 amide bonds. The third-order valence-electron chi connectivity index (χ3n) is 5.14. The number of imidazole rings is 1. The summed E-state index contributed by atoms with van der Waals surface area (Å²) in [4.78, 5) is 29.2. The first-order valence-electron chi connectivity index (χ1n) is 10.9. The van der Waals surface area contributed by atoms with Gasteiger partial charge in [-0.3, -0.25) is 9.59 Å². The molecule has 1 N–H and O–H groups in total. The van der Waals surface area contributed by atoms with Crippen molar-refractivity contribution in [3.05, 3.63) is 65.5 Å². The van der Waals surface area contributed by atoms with Gasteiger partial charge in [0, 0.05) is 18.5 Å². The molecule has 1 aromatic heterocycles. The van der Waals surface area contributed by atoms with Crippen LogP contribution in [0.4, 0.5) is 0 Å². The second kappa shape index (κ2) is 10.8. The molecule has 6 heteroatoms. The molecule has 0 fully saturated rings. The van der Waals surface area contributed by atoms with Crippen molar-refractivity contribution in [2.24, 2.45) is 0 Å². The average molecular weight is 422 g/mol. The zero-order valence-electron chi connectivity index (χ0n) is 18.6. The molecule has 0 saturated carbocycles. The van der Waals surface area contributed by atoms with E-state index in [2.05, 4.69) is 5.32 Å². The van der Waals surface area contributed by atoms with Crippen molar-refractivity contribution in [2.45, 2.75) is 59.1 Å². The van der Waals surface area contributed by atoms with Crippen molar-refractivity contribution >= 4 is 22.9 Å². The topological polar surface area (TPSA) is 73.2 Å². The van der Waals surface area contributed by atoms with Crippen molar-refractivity contribution < 1.29 is 14.3 Å². The van der Waals surface area contributed by atoms with E-state index in [1.807, 2.05) is 73.9 Å². The zero-order chi connectivity index (χ0) is 22.2. The van der Waals surface area contributed by atoms with Crippen LogP contribution in [0.25, 0.3) is 11.0 Å². The highest BCUT2D eigenvalue weighted by Gasteiger charge is 2.15. The van der Waals surface area contributed by atoms with E-state index in [1.54, 1.807) is 0 Å². The van der Waals surface area contributed by atoms with Crippen LogP contribution in [0.2, 0.25) is 0 Å². The van der Waals surface area contributed by atoms with Gasteiger partial charge in [-0.15, -0.1) is 0 Å². The minimum atomic E-state index is -0.252. The van der Waals surface area contributed by atoms with Gasteiger partial charge in [0.15, 0.2) is 0 Å². The first-order valence-corrected chi connectivity index (χ1v) is 10.9. The number of hydrogen-bond acceptors (Lipinski definition) is 4. The minimum absolute atomic E-state index is 0.0245. The van der Waals surface area contributed by atoms with Crippen molar-refractivity contribution in [2.75, 3.05) is 6.54 Å². The van der Waals surface area contributed by atoms with Crippen molar-refractivity contribution in [1.29, 1.82) is 0 Å². The maximum Gasteiger partial charge on any atom is 0.326 e. The second-order valence-corrected chi connectivity index (χ2v) is 8.02. The second-order valence-electron chi connectivity index (χ2n) is 8.02. The smallest absolute Gasteiger partial charge is 0.326 e. The summed E-state index contributed by atoms with van der Waals surface area (Å²) in [5, 5.41) is 2.99. The molecular formula is C25H31N3O3. The minimum Gasteiger partial charge on any atom is -0.462 e. The molecule has 1 heterocycles. The maximum absolute atomic E-state index is 12.3. The number of fused-ring (bicyclic) bond motifs is 1. The SMILES string of the molecule is Cc1ccccc1C(=O)NCCCCCc1nc2ccccc2n1CC(=O)OC(C)C. The summed E-state index contributed by atoms with van der Waals surface area (Å²) in [6.45, 7) is 6.45. The molecule has 0 aliphatic heterocycles. The number of benzene rings is 2. The summed E-state index contributed by atoms with van der Waals surface area (Å²) >= 11 is 0. The van der Waals surface area contributed by atoms with Crippen LogP contribution in [-0.2, 0) is 22.5 Å². The summed E-state index contributed by atoms with van der Waals surface area (Å²) in [5.41, 5.74) is 3.54. The van der Waals surface area contributed by atoms with E-state index >= 15 is 0 Å². The lowest BCUT2D eigenvalue weighted by Crippen LogP contribution is -2.25. The van der Waals surface area contributed by atoms with E-state index in [9.17, 15) is 9.59 Å². The molecule has 0 aliphatic carbocycles. The Morgan fingerprint density at radius 3 is 2.55 bits per heavy atom. The summed E-state index contributed by atoms with van der Waals surface area (Å²) in [6.07, 6.45) is 3.43. The van der Waals surface area contributed by atoms with E-state index in [4.69, 9.17) is 9.72 Å². The quantitative estimate of drug-likeness (QED) is 0.388. The molecule has 0 bridgehead atoms. The average Bonchev–Trinajstić information content (AvgIpc) is 3.07. The number of aryl methyl sites for hydroxylation is 2. The number of para-hydroxylation sites is 2. The van der Waals surface area contributed by atoms with Crippen LogP contribution < -0.4 is 5.32 Å². The normalized spacial score (nSPS) is 11.1. The number of rotatable bonds is 10. The van der Waals surface area contributed by atoms with Crippen LogP contribution in [0.15, 0.2) is 48.5 Å². The van der Waals surface area contributed by atoms with E-state index in [0.29, 0.717) is 6.54 Å². The summed E-state index contributed by atoms with van der Waals surface area (Å²) in [7, 11) is 0. The molecule has 164 valence electrons. The van der Waals surface area contributed by atoms with Gasteiger partial charge in [-0.05, 0) is 57.4 Å². The van der Waals surface area contributed by atoms with Crippen LogP contribution >= 0.6 is 0 Å². The Bertz CT molecular complexity index is 1040. The number of carbonyl (C=O) groups is 2. The lowest BCUT2D eigenvalue weighted by Gasteiger charge is -2.11. The molecular weight excluding hydrogens is 390 g/mol. The number of nitrogens with one attached hydrogen (secondary N) is 1. The fourth-order valence-electron chi connectivity index (χ4n) is 3.63. The highest BCUT2D eigenvalue weighted by molar-refractivity contribution is 5.95. The molecule has 6 nitrogen and oxygen atoms in total. The molecule has 0 spiro atoms. The lowest BCUT2D eigenvalue weighted by atomic mass is 10.1. The standard InChI is InChI=1S/C25H31N3O3/c1-18(2)31-24(29)17-28-22-14-9-8-13-21(22)27-23(28)15-5-4-10-16-26-25(30)20-12-7-6-11-19(20)3/h6-9,11-14,18H,4-5,10,15-17H2,1-3H3,(H,26,30). The molecule has 31 heavy (non-hydrogen) atoms. The van der Waals surface area contributed by atoms with Gasteiger partial charge in [-0.2, -0.15) is 0 Å². The van der Waals surface area contributed by atoms with Gasteiger partial charge < -0.3 is 14.6 Å². The zero-order valence-corrected chi connectivity index (χ0v) is 18.6. The van der Waals surface area contributed by atoms with Gasteiger partial charge in [0.05, 0.1) is 17.1 Å². The number of esters is 1. The van der Waals surface area contributed by atoms with Crippen molar-refractivity contribution in [3.63, 3.8) is 0 Å². The van der Waals surface area contributed by atoms with E-state index in [0.717, 1.165) is 53.7 Å². The molecule has 0 radical (unpaired) electrons. The number of nitrogens with zero attached hydrogens (tertiary/aromatic N) is 2. The van der Waals surface area contributed by atoms with Gasteiger partial charge in [0.25, 0.3) is 5.91 Å². The molecule has 0 atom stereocenters. The summed E-state index contributed by atoms with van der Waals surface area (Å²) < 4.78 is 7.28. The summed E-state index contributed by atoms with van der Waals surface area (Å²) in [6, 6.07) is 15.5. The number of ether oxygens (including phenoxy) is 1. The lowest BCUT2D eigenvalue weighted by molar-refractivity contribution is -0.148. The van der Waals surface area contributed by atoms with E-state index in [-0.39, 0.29) is 24.5 Å². The Morgan fingerprint density at radius 2 is 1.77 bits per heavy atom. The van der Waals surface area contributed by atoms with Crippen LogP contribution in [0.3, 0.4) is 0 Å². The predicted octanol–water partition coefficient (Wildman–Crippen LogP) is 4.44. The highest BCUT2D eigenvalue weighted by Crippen LogP contribution is 2.18. The van der Waals surface area contributed by atoms with Crippen molar-refractivity contribution in [3.8, 4) is 0 Å². The first-order chi connectivity index (χ1) is 15.0. The molecule has 3 aromatic rings. The van der Waals surface area contributed by atoms with Crippen LogP contribution in [0.5, 0.6) is 0 Å². The highest BCUT2D eigenvalue weighted by atomic mass is 16.5. The predicted molar refractivity (Wildman–Crippen MR) is 122 cm³/mol. The Balaban J connectivity index is 1.51. The Kier molecular flexibility index (Phi) is 7.82. The Morgan fingerprint density at radius 1 is 1.03 bits per heavy atom. The Labute approximate surface area is 183 Å². The van der Waals surface area contributed by atoms with E-state index < -0.39 is 0 Å². The molecule has 0 unspecified atom stereocenters. The van der Waals surface area contributed by atoms with Gasteiger partial charge >= 0.3 is 5.97 Å². The third kappa shape index (κ3) is 6.17. The number of hydrogen-bond donors (Lipinski definition) is 1. The monoisotopic (exact) mass is 421 g/mol. The number of aromatic nitrogens is 2. The van der Waals surface area contributed by atoms with Crippen LogP contribution in [-0.4, -0.2) is 34.1 Å². The molecule has 3 rings (SSSR count). The van der Waals surface area contributed by atoms with Crippen LogP contribution in [0, 0.1) is 6.92 Å². The van der Waals surface area contributed by atoms with E-state index in [1.165, 1.54) is 0 Å². The van der Waals surface area contributed by atoms with Crippen molar-refractivity contribution in [1.82, 2.24) is 14.9 Å². The number of unbranched alkanes of at least 4 members (excludes halogenated alkanes) is 2. The fourth-order valence-corrected chi connectivity index (χ4v) is 3.63. The first kappa shape index (κ1) is 22.5. The third-order valence-corrected chi connectivity index (χ3v) is 5.14. The van der Waals surface area contributed by atoms with Gasteiger partial charge in [0.2, 0.25) is 0 Å². The summed E-state index contributed by atoms with van der Waals surface area (Å²) in [5.74, 6) is 0.618. The van der Waals surface area contributed by atoms with Crippen LogP contribution in [0.1, 0.15) is 54.9 Å². The molecule has 0 saturated heterocycles. The Hall–Kier alpha value is -3.15. The fraction of sp³-hybridized carbons (Fsp3) is 0.400. The maximum atomic E-state index is 12.3. The number of carbonyl (C=O) groups excluding carboxylic acids is 2.